The number of para-hydroxylation sites is 1. The molecule has 0 bridgehead atoms. The lowest BCUT2D eigenvalue weighted by Crippen LogP contribution is -2.43. The van der Waals surface area contributed by atoms with E-state index in [1.807, 2.05) is 30.3 Å². The minimum atomic E-state index is -1.24. The number of hydrogen-bond donors (Lipinski definition) is 3. The summed E-state index contributed by atoms with van der Waals surface area (Å²) in [6, 6.07) is 9.23. The van der Waals surface area contributed by atoms with Gasteiger partial charge in [-0.25, -0.2) is 0 Å². The molecule has 1 atom stereocenters. The molecule has 1 unspecified atom stereocenters. The van der Waals surface area contributed by atoms with Gasteiger partial charge in [-0.1, -0.05) is 18.2 Å². The Morgan fingerprint density at radius 1 is 1.24 bits per heavy atom. The Labute approximate surface area is 101 Å². The van der Waals surface area contributed by atoms with Crippen LogP contribution in [0.5, 0.6) is 0 Å². The van der Waals surface area contributed by atoms with Crippen molar-refractivity contribution in [1.82, 2.24) is 5.32 Å². The second-order valence-corrected chi connectivity index (χ2v) is 4.46. The van der Waals surface area contributed by atoms with E-state index >= 15 is 0 Å². The van der Waals surface area contributed by atoms with Crippen LogP contribution in [0.1, 0.15) is 19.3 Å². The zero-order valence-electron chi connectivity index (χ0n) is 9.78. The highest BCUT2D eigenvalue weighted by atomic mass is 16.3. The van der Waals surface area contributed by atoms with E-state index in [-0.39, 0.29) is 5.91 Å². The topological polar surface area (TPSA) is 61.4 Å². The Hall–Kier alpha value is -1.39. The average molecular weight is 234 g/mol. The fourth-order valence-corrected chi connectivity index (χ4v) is 2.05. The first-order valence-corrected chi connectivity index (χ1v) is 6.00. The summed E-state index contributed by atoms with van der Waals surface area (Å²) in [5.41, 5.74) is -0.512. The molecule has 0 spiro atoms. The number of nitrogens with one attached hydrogen (secondary N) is 2. The molecule has 1 aromatic carbocycles. The van der Waals surface area contributed by atoms with Gasteiger partial charge in [-0.2, -0.15) is 0 Å². The molecule has 17 heavy (non-hydrogen) atoms. The van der Waals surface area contributed by atoms with Gasteiger partial charge in [-0.05, 0) is 44.5 Å². The summed E-state index contributed by atoms with van der Waals surface area (Å²) < 4.78 is 0. The van der Waals surface area contributed by atoms with Crippen molar-refractivity contribution in [3.63, 3.8) is 0 Å². The molecule has 3 N–H and O–H groups in total. The van der Waals surface area contributed by atoms with Gasteiger partial charge in [-0.3, -0.25) is 4.79 Å². The third-order valence-corrected chi connectivity index (χ3v) is 3.11. The second-order valence-electron chi connectivity index (χ2n) is 4.46. The number of benzene rings is 1. The Morgan fingerprint density at radius 3 is 2.76 bits per heavy atom. The van der Waals surface area contributed by atoms with E-state index in [4.69, 9.17) is 0 Å². The van der Waals surface area contributed by atoms with Gasteiger partial charge in [0.1, 0.15) is 5.60 Å². The molecule has 92 valence electrons. The normalized spacial score (nSPS) is 25.0. The molecule has 0 saturated carbocycles. The fraction of sp³-hybridized carbons (Fsp3) is 0.462. The maximum atomic E-state index is 12.1. The van der Waals surface area contributed by atoms with Crippen molar-refractivity contribution in [3.8, 4) is 0 Å². The summed E-state index contributed by atoms with van der Waals surface area (Å²) in [4.78, 5) is 12.1. The predicted molar refractivity (Wildman–Crippen MR) is 66.7 cm³/mol. The van der Waals surface area contributed by atoms with E-state index in [2.05, 4.69) is 10.6 Å². The number of carbonyl (C=O) groups is 1. The third-order valence-electron chi connectivity index (χ3n) is 3.11. The molecule has 1 aliphatic rings. The van der Waals surface area contributed by atoms with Gasteiger partial charge >= 0.3 is 0 Å². The maximum Gasteiger partial charge on any atom is 0.256 e. The van der Waals surface area contributed by atoms with Crippen molar-refractivity contribution in [2.24, 2.45) is 0 Å². The molecule has 4 heteroatoms. The number of hydrogen-bond acceptors (Lipinski definition) is 3. The SMILES string of the molecule is O=C(Nc1ccccc1)C1(O)CCCNCC1. The van der Waals surface area contributed by atoms with E-state index < -0.39 is 5.60 Å². The standard InChI is InChI=1S/C13H18N2O2/c16-12(15-11-5-2-1-3-6-11)13(17)7-4-9-14-10-8-13/h1-3,5-6,14,17H,4,7-10H2,(H,15,16). The van der Waals surface area contributed by atoms with Crippen molar-refractivity contribution in [3.05, 3.63) is 30.3 Å². The number of anilines is 1. The third kappa shape index (κ3) is 3.05. The molecule has 1 aromatic rings. The predicted octanol–water partition coefficient (Wildman–Crippen LogP) is 1.13. The van der Waals surface area contributed by atoms with Gasteiger partial charge in [0.05, 0.1) is 0 Å². The number of carbonyl (C=O) groups excluding carboxylic acids is 1. The highest BCUT2D eigenvalue weighted by Gasteiger charge is 2.35. The summed E-state index contributed by atoms with van der Waals surface area (Å²) in [5.74, 6) is -0.299. The molecule has 1 heterocycles. The Kier molecular flexibility index (Phi) is 3.76. The molecule has 0 aromatic heterocycles. The number of aliphatic hydroxyl groups is 1. The van der Waals surface area contributed by atoms with Crippen molar-refractivity contribution < 1.29 is 9.90 Å². The molecule has 1 amide bonds. The number of rotatable bonds is 2. The monoisotopic (exact) mass is 234 g/mol. The van der Waals surface area contributed by atoms with E-state index in [1.165, 1.54) is 0 Å². The first-order chi connectivity index (χ1) is 8.21. The van der Waals surface area contributed by atoms with Crippen LogP contribution in [0.2, 0.25) is 0 Å². The minimum absolute atomic E-state index is 0.299. The highest BCUT2D eigenvalue weighted by molar-refractivity contribution is 5.97. The molecule has 1 aliphatic heterocycles. The second kappa shape index (κ2) is 5.29. The highest BCUT2D eigenvalue weighted by Crippen LogP contribution is 2.21. The van der Waals surface area contributed by atoms with Crippen LogP contribution in [0.15, 0.2) is 30.3 Å². The van der Waals surface area contributed by atoms with Gasteiger partial charge in [0, 0.05) is 5.69 Å². The zero-order valence-corrected chi connectivity index (χ0v) is 9.78. The van der Waals surface area contributed by atoms with Gasteiger partial charge in [0.15, 0.2) is 0 Å². The summed E-state index contributed by atoms with van der Waals surface area (Å²) in [6.45, 7) is 1.54. The van der Waals surface area contributed by atoms with E-state index in [9.17, 15) is 9.90 Å². The lowest BCUT2D eigenvalue weighted by molar-refractivity contribution is -0.135. The largest absolute Gasteiger partial charge is 0.380 e. The molecule has 2 rings (SSSR count). The quantitative estimate of drug-likeness (QED) is 0.719. The molecular formula is C13H18N2O2. The van der Waals surface area contributed by atoms with Crippen molar-refractivity contribution >= 4 is 11.6 Å². The molecule has 1 saturated heterocycles. The summed E-state index contributed by atoms with van der Waals surface area (Å²) in [7, 11) is 0. The van der Waals surface area contributed by atoms with Crippen LogP contribution in [-0.4, -0.2) is 29.7 Å². The Balaban J connectivity index is 2.03. The summed E-state index contributed by atoms with van der Waals surface area (Å²) in [6.07, 6.45) is 1.79. The molecular weight excluding hydrogens is 216 g/mol. The first-order valence-electron chi connectivity index (χ1n) is 6.00. The van der Waals surface area contributed by atoms with Crippen LogP contribution in [0.3, 0.4) is 0 Å². The van der Waals surface area contributed by atoms with E-state index in [1.54, 1.807) is 0 Å². The molecule has 1 fully saturated rings. The van der Waals surface area contributed by atoms with Crippen LogP contribution in [0.4, 0.5) is 5.69 Å². The van der Waals surface area contributed by atoms with Crippen LogP contribution < -0.4 is 10.6 Å². The summed E-state index contributed by atoms with van der Waals surface area (Å²) >= 11 is 0. The van der Waals surface area contributed by atoms with Crippen LogP contribution in [0, 0.1) is 0 Å². The van der Waals surface area contributed by atoms with Gasteiger partial charge in [0.25, 0.3) is 5.91 Å². The molecule has 4 nitrogen and oxygen atoms in total. The van der Waals surface area contributed by atoms with Crippen LogP contribution in [0.25, 0.3) is 0 Å². The van der Waals surface area contributed by atoms with Crippen molar-refractivity contribution in [2.75, 3.05) is 18.4 Å². The minimum Gasteiger partial charge on any atom is -0.380 e. The Morgan fingerprint density at radius 2 is 2.00 bits per heavy atom. The smallest absolute Gasteiger partial charge is 0.256 e. The van der Waals surface area contributed by atoms with Gasteiger partial charge in [-0.15, -0.1) is 0 Å². The van der Waals surface area contributed by atoms with Crippen LogP contribution in [-0.2, 0) is 4.79 Å². The van der Waals surface area contributed by atoms with Crippen LogP contribution >= 0.6 is 0 Å². The molecule has 0 radical (unpaired) electrons. The maximum absolute atomic E-state index is 12.1. The van der Waals surface area contributed by atoms with E-state index in [0.717, 1.165) is 18.7 Å². The lowest BCUT2D eigenvalue weighted by atomic mass is 9.94. The number of amides is 1. The summed E-state index contributed by atoms with van der Waals surface area (Å²) in [5, 5.41) is 16.3. The molecule has 0 aliphatic carbocycles. The van der Waals surface area contributed by atoms with E-state index in [0.29, 0.717) is 19.4 Å². The van der Waals surface area contributed by atoms with Gasteiger partial charge in [0.2, 0.25) is 0 Å². The van der Waals surface area contributed by atoms with Crippen molar-refractivity contribution in [2.45, 2.75) is 24.9 Å². The first kappa shape index (κ1) is 12.1. The van der Waals surface area contributed by atoms with Gasteiger partial charge < -0.3 is 15.7 Å². The lowest BCUT2D eigenvalue weighted by Gasteiger charge is -2.24. The average Bonchev–Trinajstić information content (AvgIpc) is 2.56. The fourth-order valence-electron chi connectivity index (χ4n) is 2.05. The zero-order chi connectivity index (χ0) is 12.1. The van der Waals surface area contributed by atoms with Crippen molar-refractivity contribution in [1.29, 1.82) is 0 Å². The Bertz CT molecular complexity index is 370.